The first-order valence-corrected chi connectivity index (χ1v) is 11.2. The predicted molar refractivity (Wildman–Crippen MR) is 111 cm³/mol. The first kappa shape index (κ1) is 21.2. The Morgan fingerprint density at radius 2 is 1.90 bits per heavy atom. The van der Waals surface area contributed by atoms with Crippen LogP contribution in [-0.2, 0) is 4.74 Å². The number of likely N-dealkylation sites (tertiary alicyclic amines) is 2. The van der Waals surface area contributed by atoms with Crippen molar-refractivity contribution in [3.8, 4) is 0 Å². The second-order valence-electron chi connectivity index (χ2n) is 10.0. The number of aromatic nitrogens is 1. The molecule has 1 aliphatic carbocycles. The molecule has 2 aliphatic heterocycles. The van der Waals surface area contributed by atoms with E-state index in [4.69, 9.17) is 9.26 Å². The van der Waals surface area contributed by atoms with Crippen molar-refractivity contribution in [1.82, 2.24) is 20.3 Å². The van der Waals surface area contributed by atoms with Gasteiger partial charge in [0.1, 0.15) is 11.4 Å². The zero-order valence-corrected chi connectivity index (χ0v) is 18.4. The van der Waals surface area contributed by atoms with Crippen LogP contribution in [0.15, 0.2) is 10.6 Å². The highest BCUT2D eigenvalue weighted by Crippen LogP contribution is 2.40. The highest BCUT2D eigenvalue weighted by atomic mass is 16.6. The molecule has 4 rings (SSSR count). The van der Waals surface area contributed by atoms with E-state index < -0.39 is 5.60 Å². The summed E-state index contributed by atoms with van der Waals surface area (Å²) in [6.07, 6.45) is 5.00. The van der Waals surface area contributed by atoms with Gasteiger partial charge in [-0.2, -0.15) is 0 Å². The van der Waals surface area contributed by atoms with E-state index in [2.05, 4.69) is 15.4 Å². The molecule has 1 aromatic heterocycles. The number of ether oxygens (including phenoxy) is 1. The average Bonchev–Trinajstić information content (AvgIpc) is 3.24. The number of rotatable bonds is 5. The molecule has 0 aromatic carbocycles. The quantitative estimate of drug-likeness (QED) is 0.791. The number of nitrogens with zero attached hydrogens (tertiary/aromatic N) is 3. The maximum atomic E-state index is 12.5. The lowest BCUT2D eigenvalue weighted by atomic mass is 9.96. The van der Waals surface area contributed by atoms with Gasteiger partial charge in [-0.25, -0.2) is 4.79 Å². The third-order valence-electron chi connectivity index (χ3n) is 6.13. The van der Waals surface area contributed by atoms with Gasteiger partial charge in [0, 0.05) is 50.7 Å². The monoisotopic (exact) mass is 418 g/mol. The van der Waals surface area contributed by atoms with Crippen LogP contribution >= 0.6 is 0 Å². The SMILES string of the molecule is CC(C)(C)OC(=O)N1CCC(CN2CCC(NC(=O)c3cc(C4CC4)on3)C2)CC1. The molecular formula is C22H34N4O4. The third kappa shape index (κ3) is 5.53. The molecule has 1 N–H and O–H groups in total. The Hall–Kier alpha value is -2.09. The van der Waals surface area contributed by atoms with Crippen LogP contribution in [0.4, 0.5) is 4.79 Å². The Kier molecular flexibility index (Phi) is 6.04. The fraction of sp³-hybridized carbons (Fsp3) is 0.773. The summed E-state index contributed by atoms with van der Waals surface area (Å²) in [5.74, 6) is 1.74. The van der Waals surface area contributed by atoms with Gasteiger partial charge < -0.3 is 24.4 Å². The molecular weight excluding hydrogens is 384 g/mol. The van der Waals surface area contributed by atoms with Crippen LogP contribution in [0.3, 0.4) is 0 Å². The maximum Gasteiger partial charge on any atom is 0.410 e. The van der Waals surface area contributed by atoms with E-state index in [0.717, 1.165) is 70.6 Å². The zero-order valence-electron chi connectivity index (χ0n) is 18.4. The van der Waals surface area contributed by atoms with Crippen molar-refractivity contribution in [2.45, 2.75) is 70.4 Å². The molecule has 8 heteroatoms. The van der Waals surface area contributed by atoms with Gasteiger partial charge in [-0.1, -0.05) is 5.16 Å². The minimum Gasteiger partial charge on any atom is -0.444 e. The fourth-order valence-corrected chi connectivity index (χ4v) is 4.32. The molecule has 1 unspecified atom stereocenters. The molecule has 30 heavy (non-hydrogen) atoms. The Morgan fingerprint density at radius 3 is 2.57 bits per heavy atom. The second kappa shape index (κ2) is 8.57. The van der Waals surface area contributed by atoms with E-state index in [1.165, 1.54) is 0 Å². The number of carbonyl (C=O) groups excluding carboxylic acids is 2. The standard InChI is InChI=1S/C22H34N4O4/c1-22(2,3)29-21(28)26-10-6-15(7-11-26)13-25-9-8-17(14-25)23-20(27)18-12-19(30-24-18)16-4-5-16/h12,15-17H,4-11,13-14H2,1-3H3,(H,23,27). The molecule has 3 heterocycles. The molecule has 0 radical (unpaired) electrons. The van der Waals surface area contributed by atoms with Crippen LogP contribution < -0.4 is 5.32 Å². The average molecular weight is 419 g/mol. The zero-order chi connectivity index (χ0) is 21.3. The highest BCUT2D eigenvalue weighted by molar-refractivity contribution is 5.92. The summed E-state index contributed by atoms with van der Waals surface area (Å²) in [4.78, 5) is 28.9. The van der Waals surface area contributed by atoms with Crippen molar-refractivity contribution in [3.05, 3.63) is 17.5 Å². The fourth-order valence-electron chi connectivity index (χ4n) is 4.32. The molecule has 2 saturated heterocycles. The molecule has 3 fully saturated rings. The molecule has 3 aliphatic rings. The van der Waals surface area contributed by atoms with Gasteiger partial charge in [0.25, 0.3) is 5.91 Å². The Bertz CT molecular complexity index is 759. The molecule has 2 amide bonds. The van der Waals surface area contributed by atoms with E-state index in [-0.39, 0.29) is 18.0 Å². The van der Waals surface area contributed by atoms with Crippen LogP contribution in [0.25, 0.3) is 0 Å². The van der Waals surface area contributed by atoms with Crippen molar-refractivity contribution in [2.75, 3.05) is 32.7 Å². The molecule has 1 saturated carbocycles. The van der Waals surface area contributed by atoms with Gasteiger partial charge in [0.15, 0.2) is 5.69 Å². The lowest BCUT2D eigenvalue weighted by Gasteiger charge is -2.34. The number of carbonyl (C=O) groups is 2. The second-order valence-corrected chi connectivity index (χ2v) is 10.0. The summed E-state index contributed by atoms with van der Waals surface area (Å²) in [5.41, 5.74) is -0.0566. The predicted octanol–water partition coefficient (Wildman–Crippen LogP) is 3.00. The van der Waals surface area contributed by atoms with Gasteiger partial charge >= 0.3 is 6.09 Å². The van der Waals surface area contributed by atoms with Crippen LogP contribution in [0, 0.1) is 5.92 Å². The Labute approximate surface area is 178 Å². The van der Waals surface area contributed by atoms with E-state index in [9.17, 15) is 9.59 Å². The lowest BCUT2D eigenvalue weighted by Crippen LogP contribution is -2.44. The molecule has 0 spiro atoms. The normalized spacial score (nSPS) is 23.6. The summed E-state index contributed by atoms with van der Waals surface area (Å²) < 4.78 is 10.8. The smallest absolute Gasteiger partial charge is 0.410 e. The van der Waals surface area contributed by atoms with Crippen molar-refractivity contribution < 1.29 is 18.8 Å². The maximum absolute atomic E-state index is 12.5. The minimum absolute atomic E-state index is 0.136. The molecule has 1 atom stereocenters. The number of hydrogen-bond acceptors (Lipinski definition) is 6. The van der Waals surface area contributed by atoms with Gasteiger partial charge in [-0.3, -0.25) is 4.79 Å². The summed E-state index contributed by atoms with van der Waals surface area (Å²) in [6, 6.07) is 1.94. The van der Waals surface area contributed by atoms with Crippen LogP contribution in [0.1, 0.15) is 75.0 Å². The van der Waals surface area contributed by atoms with Crippen LogP contribution in [-0.4, -0.2) is 71.3 Å². The molecule has 8 nitrogen and oxygen atoms in total. The van der Waals surface area contributed by atoms with Crippen molar-refractivity contribution in [2.24, 2.45) is 5.92 Å². The van der Waals surface area contributed by atoms with Gasteiger partial charge in [-0.15, -0.1) is 0 Å². The Balaban J connectivity index is 1.17. The first-order chi connectivity index (χ1) is 14.3. The van der Waals surface area contributed by atoms with Crippen molar-refractivity contribution >= 4 is 12.0 Å². The van der Waals surface area contributed by atoms with Gasteiger partial charge in [0.05, 0.1) is 0 Å². The van der Waals surface area contributed by atoms with E-state index >= 15 is 0 Å². The largest absolute Gasteiger partial charge is 0.444 e. The number of amides is 2. The summed E-state index contributed by atoms with van der Waals surface area (Å²) in [6.45, 7) is 10.1. The molecule has 1 aromatic rings. The van der Waals surface area contributed by atoms with E-state index in [0.29, 0.717) is 17.5 Å². The summed E-state index contributed by atoms with van der Waals surface area (Å²) in [7, 11) is 0. The Morgan fingerprint density at radius 1 is 1.17 bits per heavy atom. The molecule has 0 bridgehead atoms. The van der Waals surface area contributed by atoms with Gasteiger partial charge in [0.2, 0.25) is 0 Å². The summed E-state index contributed by atoms with van der Waals surface area (Å²) >= 11 is 0. The highest BCUT2D eigenvalue weighted by Gasteiger charge is 2.32. The topological polar surface area (TPSA) is 87.9 Å². The summed E-state index contributed by atoms with van der Waals surface area (Å²) in [5, 5.41) is 7.04. The van der Waals surface area contributed by atoms with Gasteiger partial charge in [-0.05, 0) is 58.8 Å². The molecule has 166 valence electrons. The number of piperidine rings is 1. The first-order valence-electron chi connectivity index (χ1n) is 11.2. The van der Waals surface area contributed by atoms with E-state index in [1.807, 2.05) is 25.7 Å². The van der Waals surface area contributed by atoms with Crippen LogP contribution in [0.5, 0.6) is 0 Å². The minimum atomic E-state index is -0.450. The number of hydrogen-bond donors (Lipinski definition) is 1. The lowest BCUT2D eigenvalue weighted by molar-refractivity contribution is 0.0172. The van der Waals surface area contributed by atoms with Crippen molar-refractivity contribution in [1.29, 1.82) is 0 Å². The van der Waals surface area contributed by atoms with Crippen LogP contribution in [0.2, 0.25) is 0 Å². The van der Waals surface area contributed by atoms with Crippen molar-refractivity contribution in [3.63, 3.8) is 0 Å². The third-order valence-corrected chi connectivity index (χ3v) is 6.13. The number of nitrogens with one attached hydrogen (secondary N) is 1. The van der Waals surface area contributed by atoms with E-state index in [1.54, 1.807) is 6.07 Å².